The molecule has 0 atom stereocenters. The maximum absolute atomic E-state index is 11.5. The van der Waals surface area contributed by atoms with E-state index < -0.39 is 34.8 Å². The van der Waals surface area contributed by atoms with Crippen LogP contribution in [0, 0.1) is 0 Å². The number of aliphatic hydroxyl groups excluding tert-OH is 1. The van der Waals surface area contributed by atoms with Gasteiger partial charge < -0.3 is 16.2 Å². The van der Waals surface area contributed by atoms with E-state index in [1.165, 1.54) is 0 Å². The summed E-state index contributed by atoms with van der Waals surface area (Å²) in [6.07, 6.45) is 3.25. The Bertz CT molecular complexity index is 528. The van der Waals surface area contributed by atoms with Crippen molar-refractivity contribution in [3.8, 4) is 0 Å². The number of nitrogens with two attached hydrogens (primary N) is 1. The zero-order valence-corrected chi connectivity index (χ0v) is 8.69. The minimum absolute atomic E-state index is 0.437. The molecule has 0 unspecified atom stereocenters. The summed E-state index contributed by atoms with van der Waals surface area (Å²) in [6.45, 7) is 0. The number of nitrogens with zero attached hydrogens (tertiary/aromatic N) is 1. The highest BCUT2D eigenvalue weighted by Gasteiger charge is 2.35. The fraction of sp³-hybridized carbons (Fsp3) is 0.200. The lowest BCUT2D eigenvalue weighted by atomic mass is 10.0. The Morgan fingerprint density at radius 1 is 1.47 bits per heavy atom. The minimum atomic E-state index is -1.03. The van der Waals surface area contributed by atoms with Gasteiger partial charge in [-0.2, -0.15) is 0 Å². The third-order valence-corrected chi connectivity index (χ3v) is 2.40. The Labute approximate surface area is 95.7 Å². The molecule has 7 nitrogen and oxygen atoms in total. The lowest BCUT2D eigenvalue weighted by molar-refractivity contribution is -0.134. The molecule has 2 amide bonds. The van der Waals surface area contributed by atoms with Crippen LogP contribution in [0.15, 0.2) is 28.2 Å². The molecule has 0 aromatic rings. The number of carbonyl (C=O) groups excluding carboxylic acids is 3. The number of aliphatic imine (C=N–C) groups is 1. The second-order valence-corrected chi connectivity index (χ2v) is 3.57. The van der Waals surface area contributed by atoms with Gasteiger partial charge in [0.25, 0.3) is 17.6 Å². The molecule has 0 saturated heterocycles. The second kappa shape index (κ2) is 3.85. The van der Waals surface area contributed by atoms with Crippen LogP contribution >= 0.6 is 0 Å². The van der Waals surface area contributed by atoms with Crippen molar-refractivity contribution in [2.75, 3.05) is 0 Å². The third-order valence-electron chi connectivity index (χ3n) is 2.40. The number of amides is 2. The lowest BCUT2D eigenvalue weighted by Crippen LogP contribution is -2.46. The molecule has 17 heavy (non-hydrogen) atoms. The fourth-order valence-corrected chi connectivity index (χ4v) is 1.36. The zero-order chi connectivity index (χ0) is 12.6. The van der Waals surface area contributed by atoms with Crippen LogP contribution < -0.4 is 11.1 Å². The van der Waals surface area contributed by atoms with Crippen molar-refractivity contribution in [1.82, 2.24) is 5.32 Å². The van der Waals surface area contributed by atoms with Crippen molar-refractivity contribution in [3.63, 3.8) is 0 Å². The summed E-state index contributed by atoms with van der Waals surface area (Å²) in [4.78, 5) is 37.5. The normalized spacial score (nSPS) is 22.1. The molecule has 2 aliphatic rings. The van der Waals surface area contributed by atoms with E-state index in [0.29, 0.717) is 12.1 Å². The van der Waals surface area contributed by atoms with Crippen LogP contribution in [0.1, 0.15) is 12.8 Å². The van der Waals surface area contributed by atoms with Gasteiger partial charge in [-0.1, -0.05) is 6.08 Å². The molecule has 0 fully saturated rings. The largest absolute Gasteiger partial charge is 0.504 e. The van der Waals surface area contributed by atoms with Gasteiger partial charge >= 0.3 is 0 Å². The Morgan fingerprint density at radius 3 is 2.59 bits per heavy atom. The average molecular weight is 235 g/mol. The molecule has 1 aliphatic heterocycles. The Hall–Kier alpha value is -2.44. The smallest absolute Gasteiger partial charge is 0.298 e. The van der Waals surface area contributed by atoms with Gasteiger partial charge in [0.05, 0.1) is 0 Å². The van der Waals surface area contributed by atoms with E-state index in [9.17, 15) is 19.5 Å². The number of aliphatic hydroxyl groups is 1. The second-order valence-electron chi connectivity index (χ2n) is 3.57. The zero-order valence-electron chi connectivity index (χ0n) is 8.69. The summed E-state index contributed by atoms with van der Waals surface area (Å²) >= 11 is 0. The van der Waals surface area contributed by atoms with Gasteiger partial charge in [0.2, 0.25) is 0 Å². The number of primary amides is 1. The van der Waals surface area contributed by atoms with Crippen molar-refractivity contribution in [2.45, 2.75) is 12.8 Å². The summed E-state index contributed by atoms with van der Waals surface area (Å²) in [5, 5.41) is 11.6. The summed E-state index contributed by atoms with van der Waals surface area (Å²) in [7, 11) is 0. The van der Waals surface area contributed by atoms with Gasteiger partial charge in [0.15, 0.2) is 17.2 Å². The van der Waals surface area contributed by atoms with Crippen LogP contribution in [-0.4, -0.2) is 28.4 Å². The maximum Gasteiger partial charge on any atom is 0.298 e. The molecule has 1 heterocycles. The van der Waals surface area contributed by atoms with Crippen LogP contribution in [0.3, 0.4) is 0 Å². The third kappa shape index (κ3) is 1.82. The molecule has 7 heteroatoms. The van der Waals surface area contributed by atoms with Gasteiger partial charge in [-0.3, -0.25) is 14.4 Å². The Morgan fingerprint density at radius 2 is 2.12 bits per heavy atom. The highest BCUT2D eigenvalue weighted by Crippen LogP contribution is 2.21. The van der Waals surface area contributed by atoms with Crippen LogP contribution in [0.4, 0.5) is 0 Å². The van der Waals surface area contributed by atoms with Gasteiger partial charge in [0, 0.05) is 5.70 Å². The predicted octanol–water partition coefficient (Wildman–Crippen LogP) is -0.941. The van der Waals surface area contributed by atoms with E-state index in [2.05, 4.69) is 4.99 Å². The van der Waals surface area contributed by atoms with Gasteiger partial charge in [-0.15, -0.1) is 0 Å². The molecule has 0 spiro atoms. The number of hydrogen-bond acceptors (Lipinski definition) is 5. The first-order valence-corrected chi connectivity index (χ1v) is 4.87. The lowest BCUT2D eigenvalue weighted by Gasteiger charge is -2.17. The molecule has 1 aliphatic carbocycles. The van der Waals surface area contributed by atoms with Crippen molar-refractivity contribution in [1.29, 1.82) is 0 Å². The number of nitrogens with one attached hydrogen (secondary N) is 1. The molecule has 0 saturated carbocycles. The summed E-state index contributed by atoms with van der Waals surface area (Å²) in [5.41, 5.74) is 4.61. The molecule has 2 rings (SSSR count). The molecule has 88 valence electrons. The van der Waals surface area contributed by atoms with Crippen molar-refractivity contribution >= 4 is 23.3 Å². The monoisotopic (exact) mass is 235 g/mol. The SMILES string of the molecule is NC(=O)C1=C(O)C(=NC2=CCC2)C(=O)C(=O)N1. The standard InChI is InChI=1S/C10H9N3O4/c11-9(16)6-7(14)5(8(15)10(17)13-6)12-4-2-1-3-4/h2,14H,1,3H2,(H2,11,16)(H,13,17). The minimum Gasteiger partial charge on any atom is -0.504 e. The van der Waals surface area contributed by atoms with E-state index in [0.717, 1.165) is 6.42 Å². The number of hydrogen-bond donors (Lipinski definition) is 3. The topological polar surface area (TPSA) is 122 Å². The van der Waals surface area contributed by atoms with E-state index in [-0.39, 0.29) is 0 Å². The summed E-state index contributed by atoms with van der Waals surface area (Å²) in [5.74, 6) is -3.73. The first-order valence-electron chi connectivity index (χ1n) is 4.87. The number of carbonyl (C=O) groups is 3. The molecule has 4 N–H and O–H groups in total. The highest BCUT2D eigenvalue weighted by atomic mass is 16.3. The maximum atomic E-state index is 11.5. The number of rotatable bonds is 2. The van der Waals surface area contributed by atoms with E-state index in [1.807, 2.05) is 5.32 Å². The Balaban J connectivity index is 2.50. The van der Waals surface area contributed by atoms with Gasteiger partial charge in [-0.25, -0.2) is 4.99 Å². The summed E-state index contributed by atoms with van der Waals surface area (Å²) in [6, 6.07) is 0. The molecular formula is C10H9N3O4. The molecule has 0 aromatic heterocycles. The van der Waals surface area contributed by atoms with Gasteiger partial charge in [0.1, 0.15) is 0 Å². The van der Waals surface area contributed by atoms with Gasteiger partial charge in [-0.05, 0) is 12.8 Å². The first-order chi connectivity index (χ1) is 8.00. The number of Topliss-reactive ketones (excluding diaryl/α,β-unsaturated/α-hetero) is 1. The van der Waals surface area contributed by atoms with Crippen molar-refractivity contribution in [2.24, 2.45) is 10.7 Å². The van der Waals surface area contributed by atoms with E-state index >= 15 is 0 Å². The van der Waals surface area contributed by atoms with E-state index in [4.69, 9.17) is 5.73 Å². The van der Waals surface area contributed by atoms with Crippen LogP contribution in [0.25, 0.3) is 0 Å². The predicted molar refractivity (Wildman–Crippen MR) is 56.8 cm³/mol. The van der Waals surface area contributed by atoms with Crippen LogP contribution in [-0.2, 0) is 14.4 Å². The molecular weight excluding hydrogens is 226 g/mol. The van der Waals surface area contributed by atoms with Crippen LogP contribution in [0.5, 0.6) is 0 Å². The highest BCUT2D eigenvalue weighted by molar-refractivity contribution is 6.69. The van der Waals surface area contributed by atoms with Crippen molar-refractivity contribution < 1.29 is 19.5 Å². The molecule has 0 bridgehead atoms. The molecule has 0 aromatic carbocycles. The van der Waals surface area contributed by atoms with Crippen molar-refractivity contribution in [3.05, 3.63) is 23.2 Å². The Kier molecular flexibility index (Phi) is 2.51. The summed E-state index contributed by atoms with van der Waals surface area (Å²) < 4.78 is 0. The van der Waals surface area contributed by atoms with Crippen LogP contribution in [0.2, 0.25) is 0 Å². The fourth-order valence-electron chi connectivity index (χ4n) is 1.36. The first kappa shape index (κ1) is 11.1. The molecule has 0 radical (unpaired) electrons. The van der Waals surface area contributed by atoms with E-state index in [1.54, 1.807) is 6.08 Å². The quantitative estimate of drug-likeness (QED) is 0.534. The number of allylic oxidation sites excluding steroid dienone is 3. The average Bonchev–Trinajstić information content (AvgIpc) is 2.20. The number of ketones is 1.